The van der Waals surface area contributed by atoms with Gasteiger partial charge in [0, 0.05) is 18.2 Å². The van der Waals surface area contributed by atoms with Crippen LogP contribution in [0.2, 0.25) is 0 Å². The van der Waals surface area contributed by atoms with Crippen LogP contribution in [0.25, 0.3) is 0 Å². The average molecular weight is 543 g/mol. The Bertz CT molecular complexity index is 1310. The van der Waals surface area contributed by atoms with E-state index in [4.69, 9.17) is 13.1 Å². The molecule has 0 aromatic heterocycles. The molecule has 3 rings (SSSR count). The Morgan fingerprint density at radius 2 is 1.67 bits per heavy atom. The Hall–Kier alpha value is -3.07. The molecule has 0 spiro atoms. The predicted molar refractivity (Wildman–Crippen MR) is 128 cm³/mol. The standard InChI is InChI=1S/C22H26N2O10S2/c1-35(28,29)33-15-18-5-3-4-17(10-18)11-20-12-21(34-36(2,30)31)13-23(20)22(25)32-14-16-6-8-19(9-7-16)24(26)27/h3-10,20-21H,11-15H2,1-2H3/t20-,21-/m1/s1. The van der Waals surface area contributed by atoms with E-state index in [1.807, 2.05) is 0 Å². The summed E-state index contributed by atoms with van der Waals surface area (Å²) in [5, 5.41) is 10.8. The Balaban J connectivity index is 1.71. The monoisotopic (exact) mass is 542 g/mol. The molecule has 12 nitrogen and oxygen atoms in total. The van der Waals surface area contributed by atoms with Gasteiger partial charge in [0.2, 0.25) is 0 Å². The van der Waals surface area contributed by atoms with Gasteiger partial charge in [-0.1, -0.05) is 24.3 Å². The van der Waals surface area contributed by atoms with Crippen molar-refractivity contribution in [2.24, 2.45) is 0 Å². The highest BCUT2D eigenvalue weighted by molar-refractivity contribution is 7.86. The number of hydrogen-bond donors (Lipinski definition) is 0. The number of amides is 1. The molecule has 14 heteroatoms. The Kier molecular flexibility index (Phi) is 8.66. The van der Waals surface area contributed by atoms with Gasteiger partial charge in [-0.05, 0) is 41.7 Å². The fourth-order valence-electron chi connectivity index (χ4n) is 3.84. The first-order valence-corrected chi connectivity index (χ1v) is 14.4. The van der Waals surface area contributed by atoms with E-state index in [9.17, 15) is 31.7 Å². The highest BCUT2D eigenvalue weighted by Crippen LogP contribution is 2.26. The van der Waals surface area contributed by atoms with Crippen molar-refractivity contribution < 1.29 is 39.7 Å². The van der Waals surface area contributed by atoms with Gasteiger partial charge in [-0.3, -0.25) is 18.5 Å². The largest absolute Gasteiger partial charge is 0.445 e. The van der Waals surface area contributed by atoms with Crippen LogP contribution in [0.5, 0.6) is 0 Å². The Morgan fingerprint density at radius 1 is 1.00 bits per heavy atom. The van der Waals surface area contributed by atoms with E-state index in [2.05, 4.69) is 0 Å². The first-order valence-electron chi connectivity index (χ1n) is 10.8. The zero-order valence-electron chi connectivity index (χ0n) is 19.6. The quantitative estimate of drug-likeness (QED) is 0.248. The van der Waals surface area contributed by atoms with E-state index < -0.39 is 43.4 Å². The molecule has 36 heavy (non-hydrogen) atoms. The number of nitro groups is 1. The van der Waals surface area contributed by atoms with Crippen LogP contribution < -0.4 is 0 Å². The molecule has 2 aromatic carbocycles. The summed E-state index contributed by atoms with van der Waals surface area (Å²) in [5.74, 6) is 0. The van der Waals surface area contributed by atoms with Crippen LogP contribution in [-0.4, -0.2) is 64.0 Å². The topological polar surface area (TPSA) is 159 Å². The fraction of sp³-hybridized carbons (Fsp3) is 0.409. The molecular formula is C22H26N2O10S2. The molecule has 2 atom stereocenters. The van der Waals surface area contributed by atoms with Gasteiger partial charge in [0.25, 0.3) is 25.9 Å². The van der Waals surface area contributed by atoms with Crippen LogP contribution in [-0.2, 0) is 53.0 Å². The molecule has 1 amide bonds. The second kappa shape index (κ2) is 11.3. The smallest absolute Gasteiger partial charge is 0.410 e. The Labute approximate surface area is 209 Å². The van der Waals surface area contributed by atoms with Crippen LogP contribution in [0.4, 0.5) is 10.5 Å². The Morgan fingerprint density at radius 3 is 2.28 bits per heavy atom. The van der Waals surface area contributed by atoms with E-state index in [0.29, 0.717) is 17.5 Å². The van der Waals surface area contributed by atoms with Gasteiger partial charge in [0.1, 0.15) is 6.61 Å². The summed E-state index contributed by atoms with van der Waals surface area (Å²) in [6.07, 6.45) is 1.02. The number of ether oxygens (including phenoxy) is 1. The number of rotatable bonds is 10. The lowest BCUT2D eigenvalue weighted by Gasteiger charge is -2.24. The minimum atomic E-state index is -3.75. The van der Waals surface area contributed by atoms with Gasteiger partial charge in [-0.2, -0.15) is 16.8 Å². The summed E-state index contributed by atoms with van der Waals surface area (Å²) >= 11 is 0. The molecule has 0 aliphatic carbocycles. The number of carbonyl (C=O) groups is 1. The molecule has 1 fully saturated rings. The molecule has 0 bridgehead atoms. The van der Waals surface area contributed by atoms with Gasteiger partial charge < -0.3 is 9.64 Å². The van der Waals surface area contributed by atoms with Crippen molar-refractivity contribution in [2.45, 2.75) is 38.2 Å². The van der Waals surface area contributed by atoms with Crippen molar-refractivity contribution >= 4 is 32.0 Å². The lowest BCUT2D eigenvalue weighted by atomic mass is 10.0. The SMILES string of the molecule is CS(=O)(=O)OCc1cccc(C[C@@H]2C[C@@H](OS(C)(=O)=O)CN2C(=O)OCc2ccc([N+](=O)[O-])cc2)c1. The molecule has 0 saturated carbocycles. The van der Waals surface area contributed by atoms with Crippen molar-refractivity contribution in [3.05, 3.63) is 75.3 Å². The summed E-state index contributed by atoms with van der Waals surface area (Å²) in [4.78, 5) is 24.5. The van der Waals surface area contributed by atoms with Crippen LogP contribution in [0, 0.1) is 10.1 Å². The number of nitrogens with zero attached hydrogens (tertiary/aromatic N) is 2. The summed E-state index contributed by atoms with van der Waals surface area (Å²) in [6.45, 7) is -0.276. The number of likely N-dealkylation sites (tertiary alicyclic amines) is 1. The lowest BCUT2D eigenvalue weighted by molar-refractivity contribution is -0.384. The van der Waals surface area contributed by atoms with E-state index in [0.717, 1.165) is 18.1 Å². The van der Waals surface area contributed by atoms with E-state index in [-0.39, 0.29) is 31.9 Å². The first kappa shape index (κ1) is 27.5. The van der Waals surface area contributed by atoms with E-state index in [1.54, 1.807) is 24.3 Å². The molecule has 1 aliphatic rings. The van der Waals surface area contributed by atoms with Crippen LogP contribution in [0.1, 0.15) is 23.1 Å². The van der Waals surface area contributed by atoms with Crippen molar-refractivity contribution in [3.63, 3.8) is 0 Å². The summed E-state index contributed by atoms with van der Waals surface area (Å²) in [6, 6.07) is 12.1. The van der Waals surface area contributed by atoms with Crippen LogP contribution in [0.15, 0.2) is 48.5 Å². The van der Waals surface area contributed by atoms with Gasteiger partial charge in [0.05, 0.1) is 36.7 Å². The molecule has 2 aromatic rings. The number of non-ortho nitro benzene ring substituents is 1. The van der Waals surface area contributed by atoms with Gasteiger partial charge in [-0.25, -0.2) is 4.79 Å². The minimum Gasteiger partial charge on any atom is -0.445 e. The van der Waals surface area contributed by atoms with Crippen molar-refractivity contribution in [3.8, 4) is 0 Å². The summed E-state index contributed by atoms with van der Waals surface area (Å²) < 4.78 is 61.2. The number of carbonyl (C=O) groups excluding carboxylic acids is 1. The maximum absolute atomic E-state index is 12.9. The highest BCUT2D eigenvalue weighted by Gasteiger charge is 2.38. The number of benzene rings is 2. The summed E-state index contributed by atoms with van der Waals surface area (Å²) in [5.41, 5.74) is 1.86. The van der Waals surface area contributed by atoms with Crippen molar-refractivity contribution in [1.82, 2.24) is 4.90 Å². The van der Waals surface area contributed by atoms with E-state index >= 15 is 0 Å². The molecule has 0 unspecified atom stereocenters. The molecule has 0 radical (unpaired) electrons. The first-order chi connectivity index (χ1) is 16.8. The molecule has 196 valence electrons. The number of nitro benzene ring substituents is 1. The predicted octanol–water partition coefficient (Wildman–Crippen LogP) is 2.37. The van der Waals surface area contributed by atoms with E-state index in [1.165, 1.54) is 29.2 Å². The molecule has 1 saturated heterocycles. The maximum Gasteiger partial charge on any atom is 0.410 e. The second-order valence-corrected chi connectivity index (χ2v) is 11.7. The van der Waals surface area contributed by atoms with Crippen LogP contribution >= 0.6 is 0 Å². The van der Waals surface area contributed by atoms with Crippen LogP contribution in [0.3, 0.4) is 0 Å². The number of hydrogen-bond acceptors (Lipinski definition) is 10. The van der Waals surface area contributed by atoms with Crippen molar-refractivity contribution in [1.29, 1.82) is 0 Å². The molecule has 1 heterocycles. The zero-order chi connectivity index (χ0) is 26.5. The third-order valence-corrected chi connectivity index (χ3v) is 6.50. The average Bonchev–Trinajstić information content (AvgIpc) is 3.16. The second-order valence-electron chi connectivity index (χ2n) is 8.43. The van der Waals surface area contributed by atoms with Gasteiger partial charge in [0.15, 0.2) is 0 Å². The van der Waals surface area contributed by atoms with Crippen molar-refractivity contribution in [2.75, 3.05) is 19.1 Å². The molecular weight excluding hydrogens is 516 g/mol. The normalized spacial score (nSPS) is 18.2. The third kappa shape index (κ3) is 8.55. The maximum atomic E-state index is 12.9. The molecule has 1 aliphatic heterocycles. The highest BCUT2D eigenvalue weighted by atomic mass is 32.2. The molecule has 0 N–H and O–H groups in total. The van der Waals surface area contributed by atoms with Gasteiger partial charge in [-0.15, -0.1) is 0 Å². The minimum absolute atomic E-state index is 0.00624. The van der Waals surface area contributed by atoms with Gasteiger partial charge >= 0.3 is 6.09 Å². The summed E-state index contributed by atoms with van der Waals surface area (Å²) in [7, 11) is -7.37. The third-order valence-electron chi connectivity index (χ3n) is 5.33. The zero-order valence-corrected chi connectivity index (χ0v) is 21.2. The lowest BCUT2D eigenvalue weighted by Crippen LogP contribution is -2.37. The fourth-order valence-corrected chi connectivity index (χ4v) is 4.83.